The summed E-state index contributed by atoms with van der Waals surface area (Å²) < 4.78 is 10.6. The van der Waals surface area contributed by atoms with Gasteiger partial charge < -0.3 is 9.47 Å². The third-order valence-corrected chi connectivity index (χ3v) is 4.02. The van der Waals surface area contributed by atoms with Crippen molar-refractivity contribution in [3.05, 3.63) is 59.7 Å². The van der Waals surface area contributed by atoms with Gasteiger partial charge in [0.25, 0.3) is 0 Å². The molecular formula is C25H42O4. The fraction of sp³-hybridized carbons (Fsp3) is 0.520. The van der Waals surface area contributed by atoms with Gasteiger partial charge in [0, 0.05) is 11.1 Å². The quantitative estimate of drug-likeness (QED) is 0.330. The number of carbonyl (C=O) groups excluding carboxylic acids is 2. The van der Waals surface area contributed by atoms with Crippen molar-refractivity contribution in [2.24, 2.45) is 0 Å². The standard InChI is InChI=1S/C22H30O4.3CH4/c1-15(2)21(23)25-17(5)7-9-19-11-13-20(14-12-19)10-8-18(6)26-22(24)16(3)4;;;/h11-14,17-18H,1,3,7-10H2,2,4-6H3;3*1H4. The summed E-state index contributed by atoms with van der Waals surface area (Å²) in [6.07, 6.45) is 2.96. The number of carbonyl (C=O) groups is 2. The van der Waals surface area contributed by atoms with Crippen LogP contribution >= 0.6 is 0 Å². The van der Waals surface area contributed by atoms with Gasteiger partial charge in [-0.1, -0.05) is 59.7 Å². The Morgan fingerprint density at radius 1 is 0.759 bits per heavy atom. The van der Waals surface area contributed by atoms with Gasteiger partial charge in [-0.3, -0.25) is 0 Å². The van der Waals surface area contributed by atoms with Crippen molar-refractivity contribution in [3.63, 3.8) is 0 Å². The number of benzene rings is 1. The highest BCUT2D eigenvalue weighted by molar-refractivity contribution is 5.87. The van der Waals surface area contributed by atoms with E-state index in [9.17, 15) is 9.59 Å². The average Bonchev–Trinajstić information content (AvgIpc) is 2.58. The van der Waals surface area contributed by atoms with Crippen LogP contribution in [-0.2, 0) is 31.9 Å². The Morgan fingerprint density at radius 2 is 1.03 bits per heavy atom. The first-order valence-electron chi connectivity index (χ1n) is 8.99. The van der Waals surface area contributed by atoms with Crippen molar-refractivity contribution < 1.29 is 19.1 Å². The van der Waals surface area contributed by atoms with Crippen LogP contribution in [0.3, 0.4) is 0 Å². The molecule has 0 radical (unpaired) electrons. The van der Waals surface area contributed by atoms with Gasteiger partial charge in [-0.25, -0.2) is 9.59 Å². The summed E-state index contributed by atoms with van der Waals surface area (Å²) in [4.78, 5) is 23.0. The highest BCUT2D eigenvalue weighted by atomic mass is 16.5. The van der Waals surface area contributed by atoms with Crippen LogP contribution in [0.4, 0.5) is 0 Å². The zero-order valence-electron chi connectivity index (χ0n) is 16.3. The Morgan fingerprint density at radius 3 is 1.28 bits per heavy atom. The highest BCUT2D eigenvalue weighted by Crippen LogP contribution is 2.13. The van der Waals surface area contributed by atoms with Crippen molar-refractivity contribution in [1.29, 1.82) is 0 Å². The van der Waals surface area contributed by atoms with Gasteiger partial charge in [-0.05, 0) is 64.5 Å². The summed E-state index contributed by atoms with van der Waals surface area (Å²) in [5.74, 6) is -0.677. The van der Waals surface area contributed by atoms with Crippen LogP contribution in [-0.4, -0.2) is 24.1 Å². The largest absolute Gasteiger partial charge is 0.459 e. The minimum atomic E-state index is -0.339. The molecule has 0 aliphatic rings. The van der Waals surface area contributed by atoms with Gasteiger partial charge in [0.15, 0.2) is 0 Å². The second-order valence-electron chi connectivity index (χ2n) is 6.89. The maximum absolute atomic E-state index is 11.5. The molecule has 1 rings (SSSR count). The van der Waals surface area contributed by atoms with E-state index in [1.165, 1.54) is 11.1 Å². The number of rotatable bonds is 10. The molecule has 166 valence electrons. The molecule has 2 unspecified atom stereocenters. The monoisotopic (exact) mass is 406 g/mol. The summed E-state index contributed by atoms with van der Waals surface area (Å²) in [7, 11) is 0. The first-order chi connectivity index (χ1) is 12.2. The molecule has 0 aliphatic carbocycles. The molecule has 0 saturated carbocycles. The van der Waals surface area contributed by atoms with Gasteiger partial charge in [-0.15, -0.1) is 0 Å². The van der Waals surface area contributed by atoms with Crippen LogP contribution < -0.4 is 0 Å². The Kier molecular flexibility index (Phi) is 16.8. The fourth-order valence-electron chi connectivity index (χ4n) is 2.30. The number of esters is 2. The van der Waals surface area contributed by atoms with E-state index < -0.39 is 0 Å². The Labute approximate surface area is 179 Å². The lowest BCUT2D eigenvalue weighted by Crippen LogP contribution is -2.16. The predicted molar refractivity (Wildman–Crippen MR) is 124 cm³/mol. The van der Waals surface area contributed by atoms with E-state index in [1.807, 2.05) is 13.8 Å². The lowest BCUT2D eigenvalue weighted by molar-refractivity contribution is -0.144. The molecule has 0 fully saturated rings. The molecule has 0 heterocycles. The highest BCUT2D eigenvalue weighted by Gasteiger charge is 2.11. The molecule has 0 saturated heterocycles. The molecule has 0 amide bonds. The molecule has 0 aromatic heterocycles. The number of aryl methyl sites for hydroxylation is 2. The van der Waals surface area contributed by atoms with Crippen LogP contribution in [0, 0.1) is 0 Å². The van der Waals surface area contributed by atoms with Crippen LogP contribution in [0.1, 0.15) is 73.9 Å². The van der Waals surface area contributed by atoms with Crippen LogP contribution in [0.15, 0.2) is 48.6 Å². The number of hydrogen-bond donors (Lipinski definition) is 0. The summed E-state index contributed by atoms with van der Waals surface area (Å²) in [6.45, 7) is 14.2. The van der Waals surface area contributed by atoms with Crippen molar-refractivity contribution in [2.75, 3.05) is 0 Å². The predicted octanol–water partition coefficient (Wildman–Crippen LogP) is 6.48. The topological polar surface area (TPSA) is 52.6 Å². The van der Waals surface area contributed by atoms with Gasteiger partial charge in [-0.2, -0.15) is 0 Å². The van der Waals surface area contributed by atoms with Crippen molar-refractivity contribution in [2.45, 2.75) is 87.9 Å². The van der Waals surface area contributed by atoms with Gasteiger partial charge in [0.05, 0.1) is 12.2 Å². The fourth-order valence-corrected chi connectivity index (χ4v) is 2.30. The molecule has 0 spiro atoms. The summed E-state index contributed by atoms with van der Waals surface area (Å²) in [6, 6.07) is 8.36. The minimum Gasteiger partial charge on any atom is -0.459 e. The maximum atomic E-state index is 11.5. The summed E-state index contributed by atoms with van der Waals surface area (Å²) >= 11 is 0. The minimum absolute atomic E-state index is 0. The van der Waals surface area contributed by atoms with Gasteiger partial charge >= 0.3 is 11.9 Å². The van der Waals surface area contributed by atoms with Crippen LogP contribution in [0.25, 0.3) is 0 Å². The zero-order chi connectivity index (χ0) is 19.7. The van der Waals surface area contributed by atoms with E-state index in [1.54, 1.807) is 13.8 Å². The van der Waals surface area contributed by atoms with E-state index in [0.717, 1.165) is 25.7 Å². The van der Waals surface area contributed by atoms with E-state index in [-0.39, 0.29) is 46.4 Å². The molecule has 1 aromatic rings. The SMILES string of the molecule is C.C.C.C=C(C)C(=O)OC(C)CCc1ccc(CCC(C)OC(=O)C(=C)C)cc1. The molecule has 0 N–H and O–H groups in total. The van der Waals surface area contributed by atoms with Gasteiger partial charge in [0.1, 0.15) is 0 Å². The Balaban J connectivity index is -0.00000225. The van der Waals surface area contributed by atoms with E-state index in [0.29, 0.717) is 11.1 Å². The number of hydrogen-bond acceptors (Lipinski definition) is 4. The van der Waals surface area contributed by atoms with Crippen LogP contribution in [0.2, 0.25) is 0 Å². The smallest absolute Gasteiger partial charge is 0.333 e. The van der Waals surface area contributed by atoms with Crippen molar-refractivity contribution in [1.82, 2.24) is 0 Å². The second-order valence-corrected chi connectivity index (χ2v) is 6.89. The van der Waals surface area contributed by atoms with Crippen molar-refractivity contribution in [3.8, 4) is 0 Å². The molecule has 2 atom stereocenters. The third-order valence-electron chi connectivity index (χ3n) is 4.02. The zero-order valence-corrected chi connectivity index (χ0v) is 16.3. The lowest BCUT2D eigenvalue weighted by Gasteiger charge is -2.14. The average molecular weight is 407 g/mol. The normalized spacial score (nSPS) is 11.4. The first-order valence-corrected chi connectivity index (χ1v) is 8.99. The van der Waals surface area contributed by atoms with E-state index in [2.05, 4.69) is 37.4 Å². The molecule has 29 heavy (non-hydrogen) atoms. The maximum Gasteiger partial charge on any atom is 0.333 e. The molecule has 4 nitrogen and oxygen atoms in total. The second kappa shape index (κ2) is 15.5. The van der Waals surface area contributed by atoms with E-state index >= 15 is 0 Å². The molecule has 0 aliphatic heterocycles. The van der Waals surface area contributed by atoms with Crippen LogP contribution in [0.5, 0.6) is 0 Å². The Bertz CT molecular complexity index is 586. The molecular weight excluding hydrogens is 364 g/mol. The number of ether oxygens (including phenoxy) is 2. The summed E-state index contributed by atoms with van der Waals surface area (Å²) in [5.41, 5.74) is 3.25. The molecule has 0 bridgehead atoms. The molecule has 4 heteroatoms. The van der Waals surface area contributed by atoms with Crippen molar-refractivity contribution >= 4 is 11.9 Å². The third kappa shape index (κ3) is 12.7. The Hall–Kier alpha value is -2.36. The summed E-state index contributed by atoms with van der Waals surface area (Å²) in [5, 5.41) is 0. The first kappa shape index (κ1) is 31.3. The van der Waals surface area contributed by atoms with E-state index in [4.69, 9.17) is 9.47 Å². The van der Waals surface area contributed by atoms with Gasteiger partial charge in [0.2, 0.25) is 0 Å². The molecule has 1 aromatic carbocycles. The lowest BCUT2D eigenvalue weighted by atomic mass is 10.0.